The molecule has 1 heterocycles. The van der Waals surface area contributed by atoms with E-state index in [9.17, 15) is 0 Å². The highest BCUT2D eigenvalue weighted by Crippen LogP contribution is 2.32. The van der Waals surface area contributed by atoms with Gasteiger partial charge in [0.2, 0.25) is 0 Å². The van der Waals surface area contributed by atoms with Gasteiger partial charge in [-0.25, -0.2) is 9.97 Å². The van der Waals surface area contributed by atoms with Crippen molar-refractivity contribution in [1.82, 2.24) is 9.97 Å². The van der Waals surface area contributed by atoms with Gasteiger partial charge >= 0.3 is 0 Å². The molecule has 5 heteroatoms. The molecule has 0 spiro atoms. The Kier molecular flexibility index (Phi) is 3.08. The summed E-state index contributed by atoms with van der Waals surface area (Å²) in [6.07, 6.45) is 3.20. The van der Waals surface area contributed by atoms with Crippen LogP contribution in [-0.4, -0.2) is 9.97 Å². The number of nitrogens with two attached hydrogens (primary N) is 1. The summed E-state index contributed by atoms with van der Waals surface area (Å²) in [5.41, 5.74) is 6.26. The molecule has 2 N–H and O–H groups in total. The van der Waals surface area contributed by atoms with E-state index in [4.69, 9.17) is 17.3 Å². The lowest BCUT2D eigenvalue weighted by molar-refractivity contribution is 1.05. The minimum Gasteiger partial charge on any atom is -0.399 e. The number of nitrogens with zero attached hydrogens (tertiary/aromatic N) is 2. The molecule has 0 unspecified atom stereocenters. The van der Waals surface area contributed by atoms with Gasteiger partial charge in [-0.1, -0.05) is 23.4 Å². The van der Waals surface area contributed by atoms with Crippen LogP contribution in [0.1, 0.15) is 0 Å². The van der Waals surface area contributed by atoms with Crippen LogP contribution in [0.3, 0.4) is 0 Å². The third-order valence-corrected chi connectivity index (χ3v) is 3.18. The predicted octanol–water partition coefficient (Wildman–Crippen LogP) is 2.86. The van der Waals surface area contributed by atoms with Crippen molar-refractivity contribution < 1.29 is 0 Å². The normalized spacial score (nSPS) is 10.2. The highest BCUT2D eigenvalue weighted by Gasteiger charge is 2.03. The maximum atomic E-state index is 6.04. The van der Waals surface area contributed by atoms with Crippen LogP contribution in [-0.2, 0) is 0 Å². The monoisotopic (exact) mass is 237 g/mol. The Morgan fingerprint density at radius 2 is 2.13 bits per heavy atom. The Bertz CT molecular complexity index is 461. The van der Waals surface area contributed by atoms with E-state index in [2.05, 4.69) is 9.97 Å². The molecule has 0 bridgehead atoms. The second-order valence-electron chi connectivity index (χ2n) is 2.84. The van der Waals surface area contributed by atoms with Crippen LogP contribution in [0.5, 0.6) is 0 Å². The summed E-state index contributed by atoms with van der Waals surface area (Å²) in [5, 5.41) is 1.50. The molecule has 2 rings (SSSR count). The molecular formula is C10H8ClN3S. The summed E-state index contributed by atoms with van der Waals surface area (Å²) >= 11 is 7.52. The Morgan fingerprint density at radius 3 is 2.80 bits per heavy atom. The smallest absolute Gasteiger partial charge is 0.116 e. The number of aromatic nitrogens is 2. The van der Waals surface area contributed by atoms with E-state index in [1.54, 1.807) is 12.3 Å². The van der Waals surface area contributed by atoms with Gasteiger partial charge < -0.3 is 5.73 Å². The Morgan fingerprint density at radius 1 is 1.27 bits per heavy atom. The first kappa shape index (κ1) is 10.3. The first-order valence-electron chi connectivity index (χ1n) is 4.24. The van der Waals surface area contributed by atoms with Gasteiger partial charge in [-0.3, -0.25) is 0 Å². The lowest BCUT2D eigenvalue weighted by atomic mass is 10.3. The molecule has 0 fully saturated rings. The molecule has 0 amide bonds. The van der Waals surface area contributed by atoms with Crippen LogP contribution in [0, 0.1) is 0 Å². The second-order valence-corrected chi connectivity index (χ2v) is 4.31. The summed E-state index contributed by atoms with van der Waals surface area (Å²) < 4.78 is 0. The lowest BCUT2D eigenvalue weighted by Crippen LogP contribution is -1.85. The van der Waals surface area contributed by atoms with Gasteiger partial charge in [0.25, 0.3) is 0 Å². The minimum atomic E-state index is 0.638. The van der Waals surface area contributed by atoms with Crippen molar-refractivity contribution >= 4 is 29.1 Å². The fraction of sp³-hybridized carbons (Fsp3) is 0. The van der Waals surface area contributed by atoms with Crippen LogP contribution < -0.4 is 5.73 Å². The van der Waals surface area contributed by atoms with Gasteiger partial charge in [-0.05, 0) is 24.3 Å². The number of hydrogen-bond donors (Lipinski definition) is 1. The van der Waals surface area contributed by atoms with Gasteiger partial charge in [-0.2, -0.15) is 0 Å². The SMILES string of the molecule is Nc1ccc(Sc2ccncn2)c(Cl)c1. The van der Waals surface area contributed by atoms with Crippen molar-refractivity contribution in [2.45, 2.75) is 9.92 Å². The van der Waals surface area contributed by atoms with E-state index < -0.39 is 0 Å². The summed E-state index contributed by atoms with van der Waals surface area (Å²) in [6, 6.07) is 7.25. The highest BCUT2D eigenvalue weighted by molar-refractivity contribution is 7.99. The topological polar surface area (TPSA) is 51.8 Å². The number of halogens is 1. The maximum Gasteiger partial charge on any atom is 0.116 e. The molecular weight excluding hydrogens is 230 g/mol. The predicted molar refractivity (Wildman–Crippen MR) is 62.0 cm³/mol. The molecule has 0 saturated heterocycles. The third kappa shape index (κ3) is 2.61. The van der Waals surface area contributed by atoms with Crippen LogP contribution in [0.2, 0.25) is 5.02 Å². The van der Waals surface area contributed by atoms with Gasteiger partial charge in [0.05, 0.1) is 5.02 Å². The van der Waals surface area contributed by atoms with Crippen LogP contribution in [0.4, 0.5) is 5.69 Å². The molecule has 0 aliphatic carbocycles. The average Bonchev–Trinajstić information content (AvgIpc) is 2.24. The van der Waals surface area contributed by atoms with E-state index in [0.29, 0.717) is 10.7 Å². The zero-order valence-electron chi connectivity index (χ0n) is 7.72. The molecule has 15 heavy (non-hydrogen) atoms. The van der Waals surface area contributed by atoms with Crippen LogP contribution in [0.15, 0.2) is 46.7 Å². The zero-order valence-corrected chi connectivity index (χ0v) is 9.29. The summed E-state index contributed by atoms with van der Waals surface area (Å²) in [7, 11) is 0. The van der Waals surface area contributed by atoms with Crippen molar-refractivity contribution in [3.8, 4) is 0 Å². The van der Waals surface area contributed by atoms with Gasteiger partial charge in [0.15, 0.2) is 0 Å². The van der Waals surface area contributed by atoms with Gasteiger partial charge in [-0.15, -0.1) is 0 Å². The molecule has 2 aromatic rings. The second kappa shape index (κ2) is 4.51. The largest absolute Gasteiger partial charge is 0.399 e. The van der Waals surface area contributed by atoms with Gasteiger partial charge in [0.1, 0.15) is 11.4 Å². The average molecular weight is 238 g/mol. The minimum absolute atomic E-state index is 0.638. The Balaban J connectivity index is 2.25. The Hall–Kier alpha value is -1.26. The third-order valence-electron chi connectivity index (χ3n) is 1.73. The zero-order chi connectivity index (χ0) is 10.7. The summed E-state index contributed by atoms with van der Waals surface area (Å²) in [6.45, 7) is 0. The van der Waals surface area contributed by atoms with Crippen molar-refractivity contribution in [2.75, 3.05) is 5.73 Å². The summed E-state index contributed by atoms with van der Waals surface area (Å²) in [5.74, 6) is 0. The van der Waals surface area contributed by atoms with Crippen molar-refractivity contribution in [2.24, 2.45) is 0 Å². The molecule has 1 aromatic carbocycles. The number of rotatable bonds is 2. The molecule has 76 valence electrons. The number of benzene rings is 1. The molecule has 0 saturated carbocycles. The van der Waals surface area contributed by atoms with E-state index in [1.165, 1.54) is 18.1 Å². The van der Waals surface area contributed by atoms with E-state index >= 15 is 0 Å². The first-order valence-corrected chi connectivity index (χ1v) is 5.44. The summed E-state index contributed by atoms with van der Waals surface area (Å²) in [4.78, 5) is 8.88. The van der Waals surface area contributed by atoms with E-state index in [1.807, 2.05) is 18.2 Å². The van der Waals surface area contributed by atoms with E-state index in [-0.39, 0.29) is 0 Å². The molecule has 0 atom stereocenters. The van der Waals surface area contributed by atoms with E-state index in [0.717, 1.165) is 9.92 Å². The molecule has 0 aliphatic heterocycles. The van der Waals surface area contributed by atoms with Gasteiger partial charge in [0, 0.05) is 16.8 Å². The Labute approximate surface area is 96.7 Å². The molecule has 1 aromatic heterocycles. The van der Waals surface area contributed by atoms with Crippen molar-refractivity contribution in [3.63, 3.8) is 0 Å². The fourth-order valence-electron chi connectivity index (χ4n) is 1.05. The maximum absolute atomic E-state index is 6.04. The fourth-order valence-corrected chi connectivity index (χ4v) is 2.10. The van der Waals surface area contributed by atoms with Crippen LogP contribution >= 0.6 is 23.4 Å². The number of nitrogen functional groups attached to an aromatic ring is 1. The lowest BCUT2D eigenvalue weighted by Gasteiger charge is -2.03. The van der Waals surface area contributed by atoms with Crippen molar-refractivity contribution in [3.05, 3.63) is 41.8 Å². The number of anilines is 1. The van der Waals surface area contributed by atoms with Crippen molar-refractivity contribution in [1.29, 1.82) is 0 Å². The quantitative estimate of drug-likeness (QED) is 0.645. The molecule has 3 nitrogen and oxygen atoms in total. The first-order chi connectivity index (χ1) is 7.25. The molecule has 0 radical (unpaired) electrons. The number of hydrogen-bond acceptors (Lipinski definition) is 4. The highest BCUT2D eigenvalue weighted by atomic mass is 35.5. The van der Waals surface area contributed by atoms with Crippen LogP contribution in [0.25, 0.3) is 0 Å². The standard InChI is InChI=1S/C10H8ClN3S/c11-8-5-7(12)1-2-9(8)15-10-3-4-13-6-14-10/h1-6H,12H2. The molecule has 0 aliphatic rings.